The summed E-state index contributed by atoms with van der Waals surface area (Å²) in [5.74, 6) is -1.92. The summed E-state index contributed by atoms with van der Waals surface area (Å²) in [6.07, 6.45) is 2.05. The molecule has 0 fully saturated rings. The van der Waals surface area contributed by atoms with E-state index in [9.17, 15) is 14.4 Å². The molecule has 7 nitrogen and oxygen atoms in total. The lowest BCUT2D eigenvalue weighted by molar-refractivity contribution is -0.157. The maximum Gasteiger partial charge on any atom is 0.307 e. The van der Waals surface area contributed by atoms with Gasteiger partial charge in [0, 0.05) is 13.5 Å². The Morgan fingerprint density at radius 3 is 2.11 bits per heavy atom. The van der Waals surface area contributed by atoms with E-state index in [1.807, 2.05) is 60.7 Å². The van der Waals surface area contributed by atoms with Crippen molar-refractivity contribution in [2.75, 3.05) is 13.7 Å². The quantitative estimate of drug-likeness (QED) is 0.322. The van der Waals surface area contributed by atoms with E-state index in [-0.39, 0.29) is 31.4 Å². The van der Waals surface area contributed by atoms with E-state index < -0.39 is 29.4 Å². The molecular formula is C29H38N2O5. The van der Waals surface area contributed by atoms with Crippen LogP contribution in [0.5, 0.6) is 0 Å². The second-order valence-electron chi connectivity index (χ2n) is 9.69. The zero-order chi connectivity index (χ0) is 26.6. The first-order chi connectivity index (χ1) is 17.1. The average molecular weight is 495 g/mol. The fourth-order valence-corrected chi connectivity index (χ4v) is 3.76. The van der Waals surface area contributed by atoms with Gasteiger partial charge in [-0.15, -0.1) is 6.58 Å². The molecule has 2 N–H and O–H groups in total. The Bertz CT molecular complexity index is 986. The first-order valence-corrected chi connectivity index (χ1v) is 12.1. The summed E-state index contributed by atoms with van der Waals surface area (Å²) in [4.78, 5) is 39.1. The highest BCUT2D eigenvalue weighted by Crippen LogP contribution is 2.17. The highest BCUT2D eigenvalue weighted by molar-refractivity contribution is 5.90. The van der Waals surface area contributed by atoms with Gasteiger partial charge in [-0.3, -0.25) is 14.4 Å². The zero-order valence-electron chi connectivity index (χ0n) is 21.7. The first-order valence-electron chi connectivity index (χ1n) is 12.1. The lowest BCUT2D eigenvalue weighted by Crippen LogP contribution is -2.51. The maximum absolute atomic E-state index is 13.4. The molecule has 1 unspecified atom stereocenters. The van der Waals surface area contributed by atoms with E-state index in [0.717, 1.165) is 11.1 Å². The molecule has 2 aromatic rings. The summed E-state index contributed by atoms with van der Waals surface area (Å²) >= 11 is 0. The molecule has 0 saturated heterocycles. The Hall–Kier alpha value is -3.45. The Morgan fingerprint density at radius 1 is 0.944 bits per heavy atom. The number of allylic oxidation sites excluding steroid dienone is 1. The third kappa shape index (κ3) is 10.0. The van der Waals surface area contributed by atoms with Crippen molar-refractivity contribution in [2.24, 2.45) is 5.92 Å². The smallest absolute Gasteiger partial charge is 0.307 e. The second kappa shape index (κ2) is 14.2. The molecule has 3 atom stereocenters. The van der Waals surface area contributed by atoms with Gasteiger partial charge in [-0.1, -0.05) is 66.7 Å². The molecule has 194 valence electrons. The van der Waals surface area contributed by atoms with Crippen LogP contribution in [0, 0.1) is 5.92 Å². The van der Waals surface area contributed by atoms with Gasteiger partial charge in [0.05, 0.1) is 25.0 Å². The van der Waals surface area contributed by atoms with Crippen molar-refractivity contribution >= 4 is 17.8 Å². The van der Waals surface area contributed by atoms with Crippen LogP contribution in [-0.4, -0.2) is 43.1 Å². The first kappa shape index (κ1) is 28.8. The van der Waals surface area contributed by atoms with Crippen molar-refractivity contribution in [3.63, 3.8) is 0 Å². The van der Waals surface area contributed by atoms with Crippen molar-refractivity contribution in [1.82, 2.24) is 10.6 Å². The molecule has 0 aliphatic heterocycles. The fourth-order valence-electron chi connectivity index (χ4n) is 3.76. The van der Waals surface area contributed by atoms with Gasteiger partial charge in [0.1, 0.15) is 11.6 Å². The van der Waals surface area contributed by atoms with E-state index in [1.54, 1.807) is 34.0 Å². The molecule has 2 aromatic carbocycles. The average Bonchev–Trinajstić information content (AvgIpc) is 2.83. The van der Waals surface area contributed by atoms with Gasteiger partial charge >= 0.3 is 5.97 Å². The molecule has 0 bridgehead atoms. The molecule has 2 rings (SSSR count). The van der Waals surface area contributed by atoms with Gasteiger partial charge < -0.3 is 20.1 Å². The normalized spacial score (nSPS) is 13.7. The Kier molecular flexibility index (Phi) is 11.3. The molecular weight excluding hydrogens is 456 g/mol. The van der Waals surface area contributed by atoms with Crippen LogP contribution in [0.3, 0.4) is 0 Å². The highest BCUT2D eigenvalue weighted by Gasteiger charge is 2.29. The van der Waals surface area contributed by atoms with Crippen LogP contribution in [-0.2, 0) is 30.3 Å². The van der Waals surface area contributed by atoms with E-state index in [0.29, 0.717) is 6.42 Å². The summed E-state index contributed by atoms with van der Waals surface area (Å²) in [5, 5.41) is 5.88. The Balaban J connectivity index is 2.22. The van der Waals surface area contributed by atoms with Crippen molar-refractivity contribution in [3.8, 4) is 0 Å². The number of hydrogen-bond donors (Lipinski definition) is 2. The van der Waals surface area contributed by atoms with Crippen LogP contribution in [0.2, 0.25) is 0 Å². The van der Waals surface area contributed by atoms with Crippen molar-refractivity contribution in [2.45, 2.75) is 57.7 Å². The SMILES string of the molecule is C=CC[C@H](CC(=O)OC(C)(C)C)C(=O)N[C@@H](Cc1ccccc1)C(=O)NC(COC)c1ccccc1. The van der Waals surface area contributed by atoms with Crippen molar-refractivity contribution < 1.29 is 23.9 Å². The molecule has 0 aliphatic rings. The summed E-state index contributed by atoms with van der Waals surface area (Å²) in [6, 6.07) is 17.7. The molecule has 0 saturated carbocycles. The number of carbonyl (C=O) groups is 3. The van der Waals surface area contributed by atoms with Gasteiger partial charge in [-0.2, -0.15) is 0 Å². The van der Waals surface area contributed by atoms with Gasteiger partial charge in [-0.05, 0) is 38.3 Å². The number of esters is 1. The molecule has 7 heteroatoms. The minimum Gasteiger partial charge on any atom is -0.460 e. The standard InChI is InChI=1S/C29H38N2O5/c1-6-13-23(19-26(32)36-29(2,3)4)27(33)30-24(18-21-14-9-7-10-15-21)28(34)31-25(20-35-5)22-16-11-8-12-17-22/h6-12,14-17,23-25H,1,13,18-20H2,2-5H3,(H,30,33)(H,31,34)/t23-,24+,25?/m1/s1. The highest BCUT2D eigenvalue weighted by atomic mass is 16.6. The third-order valence-electron chi connectivity index (χ3n) is 5.42. The molecule has 0 aliphatic carbocycles. The fraction of sp³-hybridized carbons (Fsp3) is 0.414. The lowest BCUT2D eigenvalue weighted by Gasteiger charge is -2.26. The van der Waals surface area contributed by atoms with E-state index in [1.165, 1.54) is 0 Å². The van der Waals surface area contributed by atoms with Gasteiger partial charge in [0.25, 0.3) is 0 Å². The van der Waals surface area contributed by atoms with Crippen LogP contribution in [0.4, 0.5) is 0 Å². The minimum atomic E-state index is -0.853. The number of carbonyl (C=O) groups excluding carboxylic acids is 3. The number of rotatable bonds is 13. The van der Waals surface area contributed by atoms with Gasteiger partial charge in [0.15, 0.2) is 0 Å². The molecule has 36 heavy (non-hydrogen) atoms. The zero-order valence-corrected chi connectivity index (χ0v) is 21.7. The third-order valence-corrected chi connectivity index (χ3v) is 5.42. The largest absolute Gasteiger partial charge is 0.460 e. The number of hydrogen-bond acceptors (Lipinski definition) is 5. The van der Waals surface area contributed by atoms with Crippen molar-refractivity contribution in [1.29, 1.82) is 0 Å². The minimum absolute atomic E-state index is 0.106. The predicted octanol–water partition coefficient (Wildman–Crippen LogP) is 4.14. The summed E-state index contributed by atoms with van der Waals surface area (Å²) in [7, 11) is 1.57. The summed E-state index contributed by atoms with van der Waals surface area (Å²) in [5.41, 5.74) is 1.14. The molecule has 2 amide bonds. The van der Waals surface area contributed by atoms with Crippen LogP contribution in [0.1, 0.15) is 50.8 Å². The van der Waals surface area contributed by atoms with Crippen LogP contribution >= 0.6 is 0 Å². The predicted molar refractivity (Wildman–Crippen MR) is 140 cm³/mol. The molecule has 0 spiro atoms. The Morgan fingerprint density at radius 2 is 1.56 bits per heavy atom. The van der Waals surface area contributed by atoms with E-state index >= 15 is 0 Å². The molecule has 0 heterocycles. The topological polar surface area (TPSA) is 93.7 Å². The van der Waals surface area contributed by atoms with Crippen LogP contribution < -0.4 is 10.6 Å². The van der Waals surface area contributed by atoms with Crippen molar-refractivity contribution in [3.05, 3.63) is 84.4 Å². The summed E-state index contributed by atoms with van der Waals surface area (Å²) < 4.78 is 10.7. The van der Waals surface area contributed by atoms with Crippen LogP contribution in [0.15, 0.2) is 73.3 Å². The molecule has 0 aromatic heterocycles. The molecule has 0 radical (unpaired) electrons. The van der Waals surface area contributed by atoms with Gasteiger partial charge in [0.2, 0.25) is 11.8 Å². The van der Waals surface area contributed by atoms with Crippen LogP contribution in [0.25, 0.3) is 0 Å². The van der Waals surface area contributed by atoms with E-state index in [4.69, 9.17) is 9.47 Å². The lowest BCUT2D eigenvalue weighted by atomic mass is 9.98. The Labute approximate surface area is 214 Å². The summed E-state index contributed by atoms with van der Waals surface area (Å²) in [6.45, 7) is 9.32. The second-order valence-corrected chi connectivity index (χ2v) is 9.69. The number of amides is 2. The number of ether oxygens (including phenoxy) is 2. The monoisotopic (exact) mass is 494 g/mol. The number of methoxy groups -OCH3 is 1. The maximum atomic E-state index is 13.4. The number of nitrogens with one attached hydrogen (secondary N) is 2. The van der Waals surface area contributed by atoms with E-state index in [2.05, 4.69) is 17.2 Å². The van der Waals surface area contributed by atoms with Gasteiger partial charge in [-0.25, -0.2) is 0 Å². The number of benzene rings is 2.